The third-order valence-corrected chi connectivity index (χ3v) is 1.89. The van der Waals surface area contributed by atoms with Crippen LogP contribution in [0.3, 0.4) is 0 Å². The van der Waals surface area contributed by atoms with Crippen LogP contribution in [-0.4, -0.2) is 12.4 Å². The molecule has 0 spiro atoms. The molecular weight excluding hydrogens is 168 g/mol. The summed E-state index contributed by atoms with van der Waals surface area (Å²) in [5.41, 5.74) is 0. The second-order valence-corrected chi connectivity index (χ2v) is 3.65. The molecule has 0 aromatic heterocycles. The molecule has 0 aromatic carbocycles. The molecule has 0 saturated heterocycles. The topological polar surface area (TPSA) is 43.4 Å². The summed E-state index contributed by atoms with van der Waals surface area (Å²) in [5, 5.41) is 0. The van der Waals surface area contributed by atoms with E-state index in [1.54, 1.807) is 0 Å². The Morgan fingerprint density at radius 2 is 2.08 bits per heavy atom. The van der Waals surface area contributed by atoms with Crippen LogP contribution in [0.25, 0.3) is 0 Å². The van der Waals surface area contributed by atoms with Crippen molar-refractivity contribution in [3.8, 4) is 0 Å². The van der Waals surface area contributed by atoms with Gasteiger partial charge in [-0.05, 0) is 18.8 Å². The van der Waals surface area contributed by atoms with Crippen molar-refractivity contribution in [2.75, 3.05) is 0 Å². The van der Waals surface area contributed by atoms with E-state index in [0.717, 1.165) is 19.3 Å². The highest BCUT2D eigenvalue weighted by atomic mass is 16.6. The molecule has 1 atom stereocenters. The van der Waals surface area contributed by atoms with E-state index in [4.69, 9.17) is 0 Å². The lowest BCUT2D eigenvalue weighted by Crippen LogP contribution is -2.18. The minimum absolute atomic E-state index is 0.116. The SMILES string of the molecule is CCCC(CC(C)C)C(=O)OC=O. The molecule has 3 heteroatoms. The van der Waals surface area contributed by atoms with Crippen molar-refractivity contribution in [3.05, 3.63) is 0 Å². The van der Waals surface area contributed by atoms with E-state index >= 15 is 0 Å². The molecular formula is C10H18O3. The first-order valence-electron chi connectivity index (χ1n) is 4.75. The Balaban J connectivity index is 4.05. The summed E-state index contributed by atoms with van der Waals surface area (Å²) < 4.78 is 4.34. The van der Waals surface area contributed by atoms with E-state index in [9.17, 15) is 9.59 Å². The number of carbonyl (C=O) groups excluding carboxylic acids is 2. The van der Waals surface area contributed by atoms with Gasteiger partial charge in [-0.2, -0.15) is 0 Å². The summed E-state index contributed by atoms with van der Waals surface area (Å²) in [6.45, 7) is 6.33. The van der Waals surface area contributed by atoms with Gasteiger partial charge in [0.2, 0.25) is 0 Å². The third-order valence-electron chi connectivity index (χ3n) is 1.89. The molecule has 3 nitrogen and oxygen atoms in total. The smallest absolute Gasteiger partial charge is 0.316 e. The van der Waals surface area contributed by atoms with Gasteiger partial charge in [0.25, 0.3) is 0 Å². The minimum atomic E-state index is -0.384. The van der Waals surface area contributed by atoms with Crippen molar-refractivity contribution >= 4 is 12.4 Å². The fourth-order valence-electron chi connectivity index (χ4n) is 1.39. The molecule has 13 heavy (non-hydrogen) atoms. The van der Waals surface area contributed by atoms with Gasteiger partial charge in [-0.1, -0.05) is 27.2 Å². The summed E-state index contributed by atoms with van der Waals surface area (Å²) in [4.78, 5) is 21.2. The van der Waals surface area contributed by atoms with E-state index < -0.39 is 0 Å². The van der Waals surface area contributed by atoms with Crippen molar-refractivity contribution in [1.29, 1.82) is 0 Å². The van der Waals surface area contributed by atoms with Crippen molar-refractivity contribution in [2.45, 2.75) is 40.0 Å². The molecule has 0 saturated carbocycles. The summed E-state index contributed by atoms with van der Waals surface area (Å²) >= 11 is 0. The standard InChI is InChI=1S/C10H18O3/c1-4-5-9(6-8(2)3)10(12)13-7-11/h7-9H,4-6H2,1-3H3. The lowest BCUT2D eigenvalue weighted by Gasteiger charge is -2.14. The van der Waals surface area contributed by atoms with Gasteiger partial charge in [0, 0.05) is 0 Å². The molecule has 0 N–H and O–H groups in total. The number of rotatable bonds is 6. The van der Waals surface area contributed by atoms with Crippen LogP contribution < -0.4 is 0 Å². The number of hydrogen-bond acceptors (Lipinski definition) is 3. The fraction of sp³-hybridized carbons (Fsp3) is 0.800. The molecule has 0 aliphatic rings. The van der Waals surface area contributed by atoms with Gasteiger partial charge in [0.1, 0.15) is 0 Å². The molecule has 0 aliphatic carbocycles. The summed E-state index contributed by atoms with van der Waals surface area (Å²) in [6.07, 6.45) is 2.52. The Morgan fingerprint density at radius 1 is 1.46 bits per heavy atom. The first-order valence-corrected chi connectivity index (χ1v) is 4.75. The zero-order chi connectivity index (χ0) is 10.3. The molecule has 0 heterocycles. The maximum atomic E-state index is 11.2. The first-order chi connectivity index (χ1) is 6.11. The van der Waals surface area contributed by atoms with Gasteiger partial charge in [0.15, 0.2) is 0 Å². The van der Waals surface area contributed by atoms with E-state index in [0.29, 0.717) is 5.92 Å². The normalized spacial score (nSPS) is 12.6. The highest BCUT2D eigenvalue weighted by molar-refractivity contribution is 5.78. The summed E-state index contributed by atoms with van der Waals surface area (Å²) in [5.74, 6) is -0.0449. The summed E-state index contributed by atoms with van der Waals surface area (Å²) in [6, 6.07) is 0. The quantitative estimate of drug-likeness (QED) is 0.362. The van der Waals surface area contributed by atoms with Crippen LogP contribution >= 0.6 is 0 Å². The Labute approximate surface area is 79.5 Å². The Hall–Kier alpha value is -0.860. The lowest BCUT2D eigenvalue weighted by molar-refractivity contribution is -0.155. The first kappa shape index (κ1) is 12.1. The highest BCUT2D eigenvalue weighted by Crippen LogP contribution is 2.18. The van der Waals surface area contributed by atoms with Crippen LogP contribution in [0.4, 0.5) is 0 Å². The van der Waals surface area contributed by atoms with Gasteiger partial charge < -0.3 is 4.74 Å². The van der Waals surface area contributed by atoms with E-state index in [1.807, 2.05) is 6.92 Å². The van der Waals surface area contributed by atoms with Crippen LogP contribution in [0.5, 0.6) is 0 Å². The number of hydrogen-bond donors (Lipinski definition) is 0. The number of esters is 1. The summed E-state index contributed by atoms with van der Waals surface area (Å²) in [7, 11) is 0. The Bertz CT molecular complexity index is 164. The molecule has 1 unspecified atom stereocenters. The Kier molecular flexibility index (Phi) is 6.20. The predicted molar refractivity (Wildman–Crippen MR) is 50.0 cm³/mol. The van der Waals surface area contributed by atoms with Crippen LogP contribution in [0, 0.1) is 11.8 Å². The maximum Gasteiger partial charge on any atom is 0.316 e. The molecule has 0 rings (SSSR count). The predicted octanol–water partition coefficient (Wildman–Crippen LogP) is 2.15. The molecule has 0 aliphatic heterocycles. The molecule has 0 aromatic rings. The zero-order valence-corrected chi connectivity index (χ0v) is 8.58. The molecule has 0 radical (unpaired) electrons. The van der Waals surface area contributed by atoms with Crippen molar-refractivity contribution in [2.24, 2.45) is 11.8 Å². The van der Waals surface area contributed by atoms with Crippen LogP contribution in [0.1, 0.15) is 40.0 Å². The Morgan fingerprint density at radius 3 is 2.46 bits per heavy atom. The van der Waals surface area contributed by atoms with E-state index in [-0.39, 0.29) is 18.4 Å². The van der Waals surface area contributed by atoms with Crippen LogP contribution in [0.15, 0.2) is 0 Å². The van der Waals surface area contributed by atoms with E-state index in [2.05, 4.69) is 18.6 Å². The maximum absolute atomic E-state index is 11.2. The zero-order valence-electron chi connectivity index (χ0n) is 8.58. The average Bonchev–Trinajstić information content (AvgIpc) is 2.03. The second-order valence-electron chi connectivity index (χ2n) is 3.65. The monoisotopic (exact) mass is 186 g/mol. The average molecular weight is 186 g/mol. The lowest BCUT2D eigenvalue weighted by atomic mass is 9.93. The largest absolute Gasteiger partial charge is 0.395 e. The van der Waals surface area contributed by atoms with Crippen molar-refractivity contribution < 1.29 is 14.3 Å². The van der Waals surface area contributed by atoms with Gasteiger partial charge >= 0.3 is 12.4 Å². The van der Waals surface area contributed by atoms with Gasteiger partial charge in [-0.3, -0.25) is 9.59 Å². The molecule has 0 amide bonds. The molecule has 0 fully saturated rings. The highest BCUT2D eigenvalue weighted by Gasteiger charge is 2.19. The van der Waals surface area contributed by atoms with E-state index in [1.165, 1.54) is 0 Å². The number of ether oxygens (including phenoxy) is 1. The third kappa shape index (κ3) is 5.39. The van der Waals surface area contributed by atoms with Gasteiger partial charge in [0.05, 0.1) is 5.92 Å². The minimum Gasteiger partial charge on any atom is -0.395 e. The van der Waals surface area contributed by atoms with Gasteiger partial charge in [-0.15, -0.1) is 0 Å². The number of carbonyl (C=O) groups is 2. The molecule has 0 bridgehead atoms. The molecule has 76 valence electrons. The van der Waals surface area contributed by atoms with Crippen LogP contribution in [0.2, 0.25) is 0 Å². The van der Waals surface area contributed by atoms with Crippen molar-refractivity contribution in [1.82, 2.24) is 0 Å². The van der Waals surface area contributed by atoms with Crippen LogP contribution in [-0.2, 0) is 14.3 Å². The van der Waals surface area contributed by atoms with Crippen molar-refractivity contribution in [3.63, 3.8) is 0 Å². The fourth-order valence-corrected chi connectivity index (χ4v) is 1.39. The second kappa shape index (κ2) is 6.63. The van der Waals surface area contributed by atoms with Gasteiger partial charge in [-0.25, -0.2) is 0 Å².